The van der Waals surface area contributed by atoms with Crippen molar-refractivity contribution in [2.75, 3.05) is 11.9 Å². The third kappa shape index (κ3) is 3.12. The van der Waals surface area contributed by atoms with Crippen LogP contribution < -0.4 is 11.1 Å². The zero-order valence-corrected chi connectivity index (χ0v) is 11.4. The average Bonchev–Trinajstić information content (AvgIpc) is 2.75. The summed E-state index contributed by atoms with van der Waals surface area (Å²) in [7, 11) is 0. The maximum Gasteiger partial charge on any atom is 0.228 e. The summed E-state index contributed by atoms with van der Waals surface area (Å²) in [5, 5.41) is 2.91. The molecule has 4 N–H and O–H groups in total. The van der Waals surface area contributed by atoms with E-state index >= 15 is 0 Å². The molecule has 2 rings (SSSR count). The fraction of sp³-hybridized carbons (Fsp3) is 0.429. The lowest BCUT2D eigenvalue weighted by Crippen LogP contribution is -2.29. The van der Waals surface area contributed by atoms with Crippen molar-refractivity contribution in [3.8, 4) is 0 Å². The van der Waals surface area contributed by atoms with Gasteiger partial charge >= 0.3 is 0 Å². The molecule has 2 aromatic rings. The zero-order chi connectivity index (χ0) is 13.8. The Hall–Kier alpha value is -1.88. The highest BCUT2D eigenvalue weighted by Crippen LogP contribution is 2.18. The van der Waals surface area contributed by atoms with Crippen molar-refractivity contribution >= 4 is 22.6 Å². The Morgan fingerprint density at radius 3 is 3.00 bits per heavy atom. The van der Waals surface area contributed by atoms with Crippen molar-refractivity contribution < 1.29 is 4.79 Å². The van der Waals surface area contributed by atoms with Crippen molar-refractivity contribution in [2.24, 2.45) is 11.7 Å². The van der Waals surface area contributed by atoms with Gasteiger partial charge in [-0.3, -0.25) is 4.79 Å². The SMILES string of the molecule is CCCC(CN)C(=O)Nc1ccc2nc(C)[nH]c2c1. The van der Waals surface area contributed by atoms with Gasteiger partial charge in [0, 0.05) is 12.2 Å². The number of H-pyrrole nitrogens is 1. The number of anilines is 1. The lowest BCUT2D eigenvalue weighted by Gasteiger charge is -2.13. The number of aromatic nitrogens is 2. The quantitative estimate of drug-likeness (QED) is 0.770. The maximum absolute atomic E-state index is 12.1. The standard InChI is InChI=1S/C14H20N4O/c1-3-4-10(8-15)14(19)18-11-5-6-12-13(7-11)17-9(2)16-12/h5-7,10H,3-4,8,15H2,1-2H3,(H,16,17)(H,18,19). The number of aryl methyl sites for hydroxylation is 1. The summed E-state index contributed by atoms with van der Waals surface area (Å²) >= 11 is 0. The number of aromatic amines is 1. The first kappa shape index (κ1) is 13.5. The molecule has 0 fully saturated rings. The second kappa shape index (κ2) is 5.84. The molecule has 102 valence electrons. The molecule has 0 aliphatic carbocycles. The summed E-state index contributed by atoms with van der Waals surface area (Å²) < 4.78 is 0. The van der Waals surface area contributed by atoms with Crippen LogP contribution in [0.15, 0.2) is 18.2 Å². The minimum Gasteiger partial charge on any atom is -0.342 e. The molecule has 5 nitrogen and oxygen atoms in total. The summed E-state index contributed by atoms with van der Waals surface area (Å²) in [4.78, 5) is 19.5. The molecule has 19 heavy (non-hydrogen) atoms. The molecule has 0 aliphatic heterocycles. The Morgan fingerprint density at radius 2 is 2.32 bits per heavy atom. The Labute approximate surface area is 112 Å². The molecule has 1 heterocycles. The number of fused-ring (bicyclic) bond motifs is 1. The third-order valence-corrected chi connectivity index (χ3v) is 3.16. The van der Waals surface area contributed by atoms with Crippen LogP contribution in [0.4, 0.5) is 5.69 Å². The number of nitrogens with two attached hydrogens (primary N) is 1. The first-order valence-corrected chi connectivity index (χ1v) is 6.61. The minimum atomic E-state index is -0.121. The van der Waals surface area contributed by atoms with Gasteiger partial charge in [0.25, 0.3) is 0 Å². The molecule has 5 heteroatoms. The second-order valence-electron chi connectivity index (χ2n) is 4.76. The fourth-order valence-electron chi connectivity index (χ4n) is 2.16. The van der Waals surface area contributed by atoms with Crippen molar-refractivity contribution in [1.29, 1.82) is 0 Å². The smallest absolute Gasteiger partial charge is 0.228 e. The van der Waals surface area contributed by atoms with Gasteiger partial charge in [0.2, 0.25) is 5.91 Å². The predicted octanol–water partition coefficient (Wildman–Crippen LogP) is 2.18. The topological polar surface area (TPSA) is 83.8 Å². The predicted molar refractivity (Wildman–Crippen MR) is 76.9 cm³/mol. The lowest BCUT2D eigenvalue weighted by molar-refractivity contribution is -0.119. The molecule has 0 aliphatic rings. The van der Waals surface area contributed by atoms with Gasteiger partial charge in [0.05, 0.1) is 17.0 Å². The largest absolute Gasteiger partial charge is 0.342 e. The van der Waals surface area contributed by atoms with E-state index in [0.29, 0.717) is 6.54 Å². The molecule has 1 amide bonds. The highest BCUT2D eigenvalue weighted by atomic mass is 16.1. The Balaban J connectivity index is 2.13. The molecule has 0 radical (unpaired) electrons. The summed E-state index contributed by atoms with van der Waals surface area (Å²) in [6.07, 6.45) is 1.77. The first-order chi connectivity index (χ1) is 9.13. The van der Waals surface area contributed by atoms with Gasteiger partial charge < -0.3 is 16.0 Å². The average molecular weight is 260 g/mol. The van der Waals surface area contributed by atoms with Crippen molar-refractivity contribution in [3.63, 3.8) is 0 Å². The first-order valence-electron chi connectivity index (χ1n) is 6.61. The number of benzene rings is 1. The number of amides is 1. The van der Waals surface area contributed by atoms with Crippen LogP contribution in [0.1, 0.15) is 25.6 Å². The number of carbonyl (C=O) groups is 1. The summed E-state index contributed by atoms with van der Waals surface area (Å²) in [5.74, 6) is 0.730. The van der Waals surface area contributed by atoms with E-state index in [1.54, 1.807) is 0 Å². The summed E-state index contributed by atoms with van der Waals surface area (Å²) in [6, 6.07) is 5.65. The molecule has 0 spiro atoms. The van der Waals surface area contributed by atoms with Gasteiger partial charge in [0.1, 0.15) is 5.82 Å². The minimum absolute atomic E-state index is 0.0139. The molecule has 1 unspecified atom stereocenters. The van der Waals surface area contributed by atoms with Gasteiger partial charge in [-0.1, -0.05) is 13.3 Å². The van der Waals surface area contributed by atoms with Crippen LogP contribution in [0.3, 0.4) is 0 Å². The normalized spacial score (nSPS) is 12.6. The highest BCUT2D eigenvalue weighted by molar-refractivity contribution is 5.94. The van der Waals surface area contributed by atoms with Crippen molar-refractivity contribution in [3.05, 3.63) is 24.0 Å². The number of hydrogen-bond donors (Lipinski definition) is 3. The van der Waals surface area contributed by atoms with Crippen LogP contribution in [0.5, 0.6) is 0 Å². The summed E-state index contributed by atoms with van der Waals surface area (Å²) in [6.45, 7) is 4.34. The molecule has 1 aromatic heterocycles. The Bertz CT molecular complexity index is 576. The van der Waals surface area contributed by atoms with E-state index in [1.165, 1.54) is 0 Å². The van der Waals surface area contributed by atoms with Crippen molar-refractivity contribution in [2.45, 2.75) is 26.7 Å². The van der Waals surface area contributed by atoms with Crippen LogP contribution in [0, 0.1) is 12.8 Å². The van der Waals surface area contributed by atoms with Gasteiger partial charge in [-0.15, -0.1) is 0 Å². The molecule has 1 atom stereocenters. The number of nitrogens with one attached hydrogen (secondary N) is 2. The van der Waals surface area contributed by atoms with Gasteiger partial charge in [-0.2, -0.15) is 0 Å². The van der Waals surface area contributed by atoms with E-state index in [1.807, 2.05) is 25.1 Å². The maximum atomic E-state index is 12.1. The molecular weight excluding hydrogens is 240 g/mol. The zero-order valence-electron chi connectivity index (χ0n) is 11.4. The molecule has 0 bridgehead atoms. The van der Waals surface area contributed by atoms with Gasteiger partial charge in [0.15, 0.2) is 0 Å². The van der Waals surface area contributed by atoms with Crippen LogP contribution >= 0.6 is 0 Å². The van der Waals surface area contributed by atoms with E-state index in [-0.39, 0.29) is 11.8 Å². The fourth-order valence-corrected chi connectivity index (χ4v) is 2.16. The molecule has 0 saturated heterocycles. The molecule has 1 aromatic carbocycles. The van der Waals surface area contributed by atoms with E-state index in [4.69, 9.17) is 5.73 Å². The van der Waals surface area contributed by atoms with Crippen LogP contribution in [0.25, 0.3) is 11.0 Å². The van der Waals surface area contributed by atoms with Gasteiger partial charge in [-0.25, -0.2) is 4.98 Å². The number of imidazole rings is 1. The van der Waals surface area contributed by atoms with E-state index in [9.17, 15) is 4.79 Å². The van der Waals surface area contributed by atoms with Crippen LogP contribution in [-0.4, -0.2) is 22.4 Å². The molecular formula is C14H20N4O. The second-order valence-corrected chi connectivity index (χ2v) is 4.76. The van der Waals surface area contributed by atoms with Gasteiger partial charge in [-0.05, 0) is 31.5 Å². The van der Waals surface area contributed by atoms with E-state index < -0.39 is 0 Å². The number of hydrogen-bond acceptors (Lipinski definition) is 3. The lowest BCUT2D eigenvalue weighted by atomic mass is 10.0. The third-order valence-electron chi connectivity index (χ3n) is 3.16. The highest BCUT2D eigenvalue weighted by Gasteiger charge is 2.15. The number of nitrogens with zero attached hydrogens (tertiary/aromatic N) is 1. The van der Waals surface area contributed by atoms with Crippen LogP contribution in [-0.2, 0) is 4.79 Å². The molecule has 0 saturated carbocycles. The Morgan fingerprint density at radius 1 is 1.53 bits per heavy atom. The number of rotatable bonds is 5. The summed E-state index contributed by atoms with van der Waals surface area (Å²) in [5.41, 5.74) is 8.23. The monoisotopic (exact) mass is 260 g/mol. The number of carbonyl (C=O) groups excluding carboxylic acids is 1. The Kier molecular flexibility index (Phi) is 4.16. The van der Waals surface area contributed by atoms with Crippen LogP contribution in [0.2, 0.25) is 0 Å². The van der Waals surface area contributed by atoms with Crippen molar-refractivity contribution in [1.82, 2.24) is 9.97 Å². The van der Waals surface area contributed by atoms with E-state index in [0.717, 1.165) is 35.4 Å². The van der Waals surface area contributed by atoms with E-state index in [2.05, 4.69) is 22.2 Å².